The average molecular weight is 240 g/mol. The number of likely N-dealkylation sites (tertiary alicyclic amines) is 1. The Labute approximate surface area is 103 Å². The Morgan fingerprint density at radius 2 is 2.18 bits per heavy atom. The summed E-state index contributed by atoms with van der Waals surface area (Å²) in [5, 5.41) is 9.47. The number of hydrogen-bond acceptors (Lipinski definition) is 3. The Balaban J connectivity index is 1.86. The van der Waals surface area contributed by atoms with Gasteiger partial charge in [-0.25, -0.2) is 0 Å². The lowest BCUT2D eigenvalue weighted by molar-refractivity contribution is -0.136. The van der Waals surface area contributed by atoms with E-state index in [4.69, 9.17) is 5.73 Å². The van der Waals surface area contributed by atoms with Gasteiger partial charge in [0.25, 0.3) is 0 Å². The molecular formula is C13H24N2O2. The van der Waals surface area contributed by atoms with E-state index in [1.165, 1.54) is 6.42 Å². The molecule has 1 saturated heterocycles. The van der Waals surface area contributed by atoms with Gasteiger partial charge in [0, 0.05) is 19.0 Å². The summed E-state index contributed by atoms with van der Waals surface area (Å²) in [5.74, 6) is 1.09. The van der Waals surface area contributed by atoms with Gasteiger partial charge < -0.3 is 15.7 Å². The molecule has 0 radical (unpaired) electrons. The highest BCUT2D eigenvalue weighted by Crippen LogP contribution is 2.32. The number of nitrogens with two attached hydrogens (primary N) is 1. The topological polar surface area (TPSA) is 66.6 Å². The zero-order chi connectivity index (χ0) is 12.3. The summed E-state index contributed by atoms with van der Waals surface area (Å²) in [4.78, 5) is 14.1. The highest BCUT2D eigenvalue weighted by atomic mass is 16.3. The maximum Gasteiger partial charge on any atom is 0.225 e. The van der Waals surface area contributed by atoms with E-state index in [0.717, 1.165) is 45.2 Å². The Morgan fingerprint density at radius 3 is 2.82 bits per heavy atom. The van der Waals surface area contributed by atoms with Crippen molar-refractivity contribution in [2.45, 2.75) is 44.6 Å². The second kappa shape index (κ2) is 5.83. The predicted molar refractivity (Wildman–Crippen MR) is 66.3 cm³/mol. The standard InChI is InChI=1S/C13H24N2O2/c14-6-4-10-2-1-3-11(8-10)13(17)15-7-5-12(16)9-15/h10-12,16H,1-9,14H2. The van der Waals surface area contributed by atoms with E-state index in [1.54, 1.807) is 0 Å². The van der Waals surface area contributed by atoms with Gasteiger partial charge in [0.1, 0.15) is 0 Å². The quantitative estimate of drug-likeness (QED) is 0.764. The van der Waals surface area contributed by atoms with Gasteiger partial charge in [-0.2, -0.15) is 0 Å². The van der Waals surface area contributed by atoms with Gasteiger partial charge in [-0.15, -0.1) is 0 Å². The van der Waals surface area contributed by atoms with Crippen LogP contribution in [0, 0.1) is 11.8 Å². The molecule has 98 valence electrons. The number of aliphatic hydroxyl groups is 1. The first-order valence-electron chi connectivity index (χ1n) is 6.87. The SMILES string of the molecule is NCCC1CCCC(C(=O)N2CCC(O)C2)C1. The van der Waals surface area contributed by atoms with Crippen LogP contribution in [-0.4, -0.2) is 41.7 Å². The van der Waals surface area contributed by atoms with E-state index in [2.05, 4.69) is 0 Å². The molecule has 0 aromatic rings. The molecule has 1 heterocycles. The third kappa shape index (κ3) is 3.19. The molecule has 3 N–H and O–H groups in total. The molecule has 0 spiro atoms. The number of amides is 1. The first kappa shape index (κ1) is 12.8. The van der Waals surface area contributed by atoms with Crippen LogP contribution in [0.25, 0.3) is 0 Å². The molecule has 1 amide bonds. The van der Waals surface area contributed by atoms with E-state index < -0.39 is 0 Å². The van der Waals surface area contributed by atoms with E-state index in [1.807, 2.05) is 4.90 Å². The van der Waals surface area contributed by atoms with Crippen molar-refractivity contribution in [3.05, 3.63) is 0 Å². The molecule has 2 rings (SSSR count). The highest BCUT2D eigenvalue weighted by Gasteiger charge is 2.32. The summed E-state index contributed by atoms with van der Waals surface area (Å²) in [5.41, 5.74) is 5.59. The van der Waals surface area contributed by atoms with Crippen LogP contribution in [0.4, 0.5) is 0 Å². The maximum atomic E-state index is 12.3. The lowest BCUT2D eigenvalue weighted by Crippen LogP contribution is -2.37. The van der Waals surface area contributed by atoms with Gasteiger partial charge in [-0.3, -0.25) is 4.79 Å². The fraction of sp³-hybridized carbons (Fsp3) is 0.923. The summed E-state index contributed by atoms with van der Waals surface area (Å²) in [6, 6.07) is 0. The first-order chi connectivity index (χ1) is 8.20. The van der Waals surface area contributed by atoms with Crippen molar-refractivity contribution in [2.24, 2.45) is 17.6 Å². The third-order valence-electron chi connectivity index (χ3n) is 4.18. The van der Waals surface area contributed by atoms with Crippen LogP contribution in [0.5, 0.6) is 0 Å². The van der Waals surface area contributed by atoms with E-state index in [0.29, 0.717) is 12.5 Å². The van der Waals surface area contributed by atoms with E-state index in [9.17, 15) is 9.90 Å². The van der Waals surface area contributed by atoms with Gasteiger partial charge in [0.15, 0.2) is 0 Å². The van der Waals surface area contributed by atoms with Crippen molar-refractivity contribution in [3.63, 3.8) is 0 Å². The Kier molecular flexibility index (Phi) is 4.40. The summed E-state index contributed by atoms with van der Waals surface area (Å²) in [7, 11) is 0. The van der Waals surface area contributed by atoms with Crippen LogP contribution in [0.3, 0.4) is 0 Å². The number of carbonyl (C=O) groups excluding carboxylic acids is 1. The molecule has 1 aliphatic carbocycles. The summed E-state index contributed by atoms with van der Waals surface area (Å²) < 4.78 is 0. The molecule has 0 aromatic carbocycles. The molecule has 17 heavy (non-hydrogen) atoms. The fourth-order valence-corrected chi connectivity index (χ4v) is 3.21. The lowest BCUT2D eigenvalue weighted by Gasteiger charge is -2.30. The second-order valence-electron chi connectivity index (χ2n) is 5.53. The Morgan fingerprint density at radius 1 is 1.35 bits per heavy atom. The number of β-amino-alcohol motifs (C(OH)–C–C–N with tert-alkyl or cyclic N) is 1. The molecule has 2 fully saturated rings. The van der Waals surface area contributed by atoms with Crippen LogP contribution in [0.1, 0.15) is 38.5 Å². The van der Waals surface area contributed by atoms with Crippen molar-refractivity contribution in [3.8, 4) is 0 Å². The Bertz CT molecular complexity index is 268. The molecule has 4 heteroatoms. The largest absolute Gasteiger partial charge is 0.391 e. The smallest absolute Gasteiger partial charge is 0.225 e. The molecule has 3 unspecified atom stereocenters. The monoisotopic (exact) mass is 240 g/mol. The van der Waals surface area contributed by atoms with Crippen molar-refractivity contribution < 1.29 is 9.90 Å². The number of nitrogens with zero attached hydrogens (tertiary/aromatic N) is 1. The molecule has 1 saturated carbocycles. The van der Waals surface area contributed by atoms with Crippen molar-refractivity contribution in [2.75, 3.05) is 19.6 Å². The van der Waals surface area contributed by atoms with E-state index in [-0.39, 0.29) is 17.9 Å². The van der Waals surface area contributed by atoms with Gasteiger partial charge in [0.2, 0.25) is 5.91 Å². The maximum absolute atomic E-state index is 12.3. The van der Waals surface area contributed by atoms with Crippen molar-refractivity contribution in [1.82, 2.24) is 4.90 Å². The molecule has 0 bridgehead atoms. The number of hydrogen-bond donors (Lipinski definition) is 2. The third-order valence-corrected chi connectivity index (χ3v) is 4.18. The summed E-state index contributed by atoms with van der Waals surface area (Å²) in [6.45, 7) is 2.00. The molecule has 4 nitrogen and oxygen atoms in total. The second-order valence-corrected chi connectivity index (χ2v) is 5.53. The fourth-order valence-electron chi connectivity index (χ4n) is 3.21. The zero-order valence-corrected chi connectivity index (χ0v) is 10.5. The van der Waals surface area contributed by atoms with Crippen LogP contribution < -0.4 is 5.73 Å². The molecule has 1 aliphatic heterocycles. The van der Waals surface area contributed by atoms with Crippen LogP contribution in [0.2, 0.25) is 0 Å². The molecule has 2 aliphatic rings. The van der Waals surface area contributed by atoms with Crippen LogP contribution >= 0.6 is 0 Å². The van der Waals surface area contributed by atoms with Gasteiger partial charge in [-0.05, 0) is 38.1 Å². The van der Waals surface area contributed by atoms with Crippen LogP contribution in [-0.2, 0) is 4.79 Å². The Hall–Kier alpha value is -0.610. The van der Waals surface area contributed by atoms with Gasteiger partial charge in [-0.1, -0.05) is 12.8 Å². The lowest BCUT2D eigenvalue weighted by atomic mass is 9.79. The summed E-state index contributed by atoms with van der Waals surface area (Å²) in [6.07, 6.45) is 5.88. The van der Waals surface area contributed by atoms with Crippen molar-refractivity contribution in [1.29, 1.82) is 0 Å². The molecular weight excluding hydrogens is 216 g/mol. The minimum atomic E-state index is -0.303. The molecule has 0 aromatic heterocycles. The zero-order valence-electron chi connectivity index (χ0n) is 10.5. The van der Waals surface area contributed by atoms with Crippen molar-refractivity contribution >= 4 is 5.91 Å². The average Bonchev–Trinajstić information content (AvgIpc) is 2.76. The highest BCUT2D eigenvalue weighted by molar-refractivity contribution is 5.79. The minimum Gasteiger partial charge on any atom is -0.391 e. The number of rotatable bonds is 3. The van der Waals surface area contributed by atoms with E-state index >= 15 is 0 Å². The summed E-state index contributed by atoms with van der Waals surface area (Å²) >= 11 is 0. The van der Waals surface area contributed by atoms with Gasteiger partial charge in [0.05, 0.1) is 6.10 Å². The number of carbonyl (C=O) groups is 1. The predicted octanol–water partition coefficient (Wildman–Crippen LogP) is 0.735. The molecule has 3 atom stereocenters. The number of aliphatic hydroxyl groups excluding tert-OH is 1. The normalized spacial score (nSPS) is 34.0. The van der Waals surface area contributed by atoms with Crippen LogP contribution in [0.15, 0.2) is 0 Å². The van der Waals surface area contributed by atoms with Gasteiger partial charge >= 0.3 is 0 Å². The minimum absolute atomic E-state index is 0.186. The first-order valence-corrected chi connectivity index (χ1v) is 6.87.